The lowest BCUT2D eigenvalue weighted by Crippen LogP contribution is -2.68. The summed E-state index contributed by atoms with van der Waals surface area (Å²) in [6.07, 6.45) is 5.35. The van der Waals surface area contributed by atoms with Gasteiger partial charge in [-0.1, -0.05) is 29.8 Å². The van der Waals surface area contributed by atoms with Gasteiger partial charge < -0.3 is 34.0 Å². The summed E-state index contributed by atoms with van der Waals surface area (Å²) in [6.45, 7) is 7.19. The fourth-order valence-corrected chi connectivity index (χ4v) is 12.8. The highest BCUT2D eigenvalue weighted by Gasteiger charge is 2.64. The average molecular weight is 749 g/mol. The Morgan fingerprint density at radius 3 is 2.60 bits per heavy atom. The summed E-state index contributed by atoms with van der Waals surface area (Å²) in [5.74, 6) is 0.248. The minimum atomic E-state index is -0.919. The second-order valence-electron chi connectivity index (χ2n) is 17.2. The molecule has 2 aromatic heterocycles. The second-order valence-corrected chi connectivity index (χ2v) is 17.2. The van der Waals surface area contributed by atoms with Crippen molar-refractivity contribution in [3.8, 4) is 5.75 Å². The molecule has 4 saturated heterocycles. The Morgan fingerprint density at radius 1 is 1.02 bits per heavy atom. The highest BCUT2D eigenvalue weighted by molar-refractivity contribution is 5.93. The molecule has 4 aromatic rings. The molecule has 11 nitrogen and oxygen atoms in total. The van der Waals surface area contributed by atoms with E-state index in [1.54, 1.807) is 7.11 Å². The molecule has 1 saturated carbocycles. The maximum atomic E-state index is 14.3. The van der Waals surface area contributed by atoms with Crippen molar-refractivity contribution in [3.05, 3.63) is 76.1 Å². The van der Waals surface area contributed by atoms with E-state index >= 15 is 0 Å². The number of hydrogen-bond acceptors (Lipinski definition) is 9. The summed E-state index contributed by atoms with van der Waals surface area (Å²) in [7, 11) is 4.73. The van der Waals surface area contributed by atoms with Gasteiger partial charge in [-0.2, -0.15) is 0 Å². The van der Waals surface area contributed by atoms with E-state index in [-0.39, 0.29) is 47.7 Å². The van der Waals surface area contributed by atoms with Gasteiger partial charge in [0, 0.05) is 94.3 Å². The van der Waals surface area contributed by atoms with E-state index in [9.17, 15) is 14.7 Å². The van der Waals surface area contributed by atoms with Crippen LogP contribution in [0.5, 0.6) is 5.75 Å². The number of H-pyrrole nitrogens is 2. The zero-order chi connectivity index (χ0) is 38.0. The van der Waals surface area contributed by atoms with Crippen molar-refractivity contribution in [3.63, 3.8) is 0 Å². The first-order valence-corrected chi connectivity index (χ1v) is 20.1. The number of benzene rings is 2. The van der Waals surface area contributed by atoms with Crippen LogP contribution in [0.1, 0.15) is 67.1 Å². The quantitative estimate of drug-likeness (QED) is 0.187. The van der Waals surface area contributed by atoms with E-state index in [0.717, 1.165) is 82.5 Å². The lowest BCUT2D eigenvalue weighted by atomic mass is 9.56. The van der Waals surface area contributed by atoms with Crippen molar-refractivity contribution in [2.24, 2.45) is 23.2 Å². The number of nitrogens with zero attached hydrogens (tertiary/aromatic N) is 2. The first kappa shape index (κ1) is 35.3. The third-order valence-corrected chi connectivity index (χ3v) is 15.0. The van der Waals surface area contributed by atoms with Crippen molar-refractivity contribution in [1.82, 2.24) is 19.8 Å². The summed E-state index contributed by atoms with van der Waals surface area (Å²) in [4.78, 5) is 41.1. The minimum absolute atomic E-state index is 0.0358. The number of ether oxygens (including phenoxy) is 4. The number of aromatic amines is 2. The summed E-state index contributed by atoms with van der Waals surface area (Å²) >= 11 is 0. The molecule has 0 spiro atoms. The van der Waals surface area contributed by atoms with Gasteiger partial charge in [-0.3, -0.25) is 19.4 Å². The molecule has 2 aliphatic carbocycles. The lowest BCUT2D eigenvalue weighted by molar-refractivity contribution is -0.199. The zero-order valence-electron chi connectivity index (χ0n) is 32.4. The fourth-order valence-electron chi connectivity index (χ4n) is 12.8. The van der Waals surface area contributed by atoms with Gasteiger partial charge in [0.25, 0.3) is 0 Å². The molecule has 11 heteroatoms. The van der Waals surface area contributed by atoms with E-state index in [0.29, 0.717) is 32.6 Å². The van der Waals surface area contributed by atoms with Crippen LogP contribution in [0.15, 0.2) is 48.0 Å². The molecule has 11 atom stereocenters. The highest BCUT2D eigenvalue weighted by Crippen LogP contribution is 2.58. The van der Waals surface area contributed by atoms with Crippen LogP contribution in [-0.4, -0.2) is 109 Å². The number of carbonyl (C=O) groups is 2. The van der Waals surface area contributed by atoms with Crippen LogP contribution in [0.4, 0.5) is 0 Å². The molecule has 5 aliphatic heterocycles. The standard InChI is InChI=1S/C44H52N4O7/c1-6-25-20-48-22-55-21-44(42(51)54-5)33(25)15-31(38-32(16-37(44)48)26-9-7-8-10-34(26)45-38)30-14-29-27-11-12-47-19-24-13-28(23(2)49)40(47)43(18-24,41(50)53-4)39(27)46-35(29)17-36(30)52-3/h6-10,14,17,23-24,28,31,33,37,40,45-46,49H,11-13,15-16,18-22H2,1-5H3/t23-,24+,28+,31-,33-,37-,40-,43+,44-/m0/s1. The number of para-hydroxylation sites is 1. The van der Waals surface area contributed by atoms with Crippen LogP contribution in [0.3, 0.4) is 0 Å². The number of methoxy groups -OCH3 is 3. The number of esters is 2. The molecule has 0 radical (unpaired) electrons. The van der Waals surface area contributed by atoms with Gasteiger partial charge in [-0.15, -0.1) is 0 Å². The molecule has 8 bridgehead atoms. The number of fused-ring (bicyclic) bond motifs is 7. The van der Waals surface area contributed by atoms with Crippen LogP contribution in [-0.2, 0) is 42.1 Å². The maximum absolute atomic E-state index is 14.3. The number of carbonyl (C=O) groups excluding carboxylic acids is 2. The van der Waals surface area contributed by atoms with Crippen molar-refractivity contribution < 1.29 is 33.6 Å². The van der Waals surface area contributed by atoms with Gasteiger partial charge in [-0.25, -0.2) is 0 Å². The third-order valence-electron chi connectivity index (χ3n) is 15.0. The Bertz CT molecular complexity index is 2260. The Kier molecular flexibility index (Phi) is 8.13. The third kappa shape index (κ3) is 4.70. The van der Waals surface area contributed by atoms with Gasteiger partial charge in [0.15, 0.2) is 0 Å². The number of nitrogens with one attached hydrogen (secondary N) is 2. The molecule has 290 valence electrons. The monoisotopic (exact) mass is 748 g/mol. The number of aromatic nitrogens is 2. The molecule has 7 aliphatic rings. The Balaban J connectivity index is 1.21. The van der Waals surface area contributed by atoms with Gasteiger partial charge in [0.05, 0.1) is 40.8 Å². The van der Waals surface area contributed by atoms with Crippen molar-refractivity contribution in [2.75, 3.05) is 54.3 Å². The van der Waals surface area contributed by atoms with E-state index < -0.39 is 16.9 Å². The van der Waals surface area contributed by atoms with Crippen molar-refractivity contribution >= 4 is 33.7 Å². The molecule has 2 unspecified atom stereocenters. The molecule has 11 rings (SSSR count). The topological polar surface area (TPSA) is 129 Å². The van der Waals surface area contributed by atoms with Gasteiger partial charge in [-0.05, 0) is 75.1 Å². The Morgan fingerprint density at radius 2 is 1.84 bits per heavy atom. The van der Waals surface area contributed by atoms with E-state index in [1.807, 2.05) is 6.92 Å². The largest absolute Gasteiger partial charge is 0.496 e. The zero-order valence-corrected chi connectivity index (χ0v) is 32.4. The predicted octanol–water partition coefficient (Wildman–Crippen LogP) is 5.19. The van der Waals surface area contributed by atoms with E-state index in [1.165, 1.54) is 25.4 Å². The number of aliphatic hydroxyl groups excluding tert-OH is 1. The Hall–Kier alpha value is -4.16. The van der Waals surface area contributed by atoms with Crippen LogP contribution in [0.2, 0.25) is 0 Å². The van der Waals surface area contributed by atoms with Crippen LogP contribution >= 0.6 is 0 Å². The molecular weight excluding hydrogens is 697 g/mol. The number of hydrogen-bond donors (Lipinski definition) is 3. The van der Waals surface area contributed by atoms with Crippen LogP contribution in [0, 0.1) is 23.2 Å². The minimum Gasteiger partial charge on any atom is -0.496 e. The highest BCUT2D eigenvalue weighted by atomic mass is 16.5. The molecule has 5 fully saturated rings. The number of piperidine rings is 3. The van der Waals surface area contributed by atoms with Crippen LogP contribution in [0.25, 0.3) is 21.8 Å². The van der Waals surface area contributed by atoms with Gasteiger partial charge >= 0.3 is 11.9 Å². The number of allylic oxidation sites excluding steroid dienone is 1. The second kappa shape index (κ2) is 12.7. The van der Waals surface area contributed by atoms with Crippen LogP contribution < -0.4 is 4.74 Å². The molecule has 3 N–H and O–H groups in total. The molecule has 55 heavy (non-hydrogen) atoms. The normalized spacial score (nSPS) is 36.0. The molecule has 2 aromatic carbocycles. The first-order chi connectivity index (χ1) is 26.7. The molecule has 0 amide bonds. The fraction of sp³-hybridized carbons (Fsp3) is 0.545. The molecule has 7 heterocycles. The predicted molar refractivity (Wildman–Crippen MR) is 207 cm³/mol. The number of aliphatic hydroxyl groups is 1. The van der Waals surface area contributed by atoms with E-state index in [2.05, 4.69) is 69.2 Å². The number of rotatable bonds is 5. The molecular formula is C44H52N4O7. The first-order valence-electron chi connectivity index (χ1n) is 20.1. The average Bonchev–Trinajstić information content (AvgIpc) is 3.72. The van der Waals surface area contributed by atoms with Crippen molar-refractivity contribution in [2.45, 2.75) is 75.5 Å². The van der Waals surface area contributed by atoms with E-state index in [4.69, 9.17) is 18.9 Å². The SMILES string of the molecule is CC=C1CN2COC[C@@]3(C(=O)OC)[C@@H]2Cc2c([nH]c4ccccc24)[C@H](c2cc4c5c([nH]c4cc2OC)[C@]2(C(=O)OC)C[C@H]4C[C@H]([C@H](C)O)[C@@H]2N(CC5)C4)C[C@@H]13. The summed E-state index contributed by atoms with van der Waals surface area (Å²) in [5.41, 5.74) is 6.90. The summed E-state index contributed by atoms with van der Waals surface area (Å²) in [5, 5.41) is 13.3. The maximum Gasteiger partial charge on any atom is 0.319 e. The smallest absolute Gasteiger partial charge is 0.319 e. The Labute approximate surface area is 321 Å². The van der Waals surface area contributed by atoms with Crippen molar-refractivity contribution in [1.29, 1.82) is 0 Å². The summed E-state index contributed by atoms with van der Waals surface area (Å²) < 4.78 is 24.0. The lowest BCUT2D eigenvalue weighted by Gasteiger charge is -2.58. The van der Waals surface area contributed by atoms with Gasteiger partial charge in [0.2, 0.25) is 0 Å². The summed E-state index contributed by atoms with van der Waals surface area (Å²) in [6, 6.07) is 12.6. The van der Waals surface area contributed by atoms with Gasteiger partial charge in [0.1, 0.15) is 16.6 Å².